The quantitative estimate of drug-likeness (QED) is 0.416. The molecule has 0 bridgehead atoms. The molecular formula is C25H37Br. The van der Waals surface area contributed by atoms with Crippen LogP contribution in [-0.2, 0) is 0 Å². The van der Waals surface area contributed by atoms with Gasteiger partial charge in [0.05, 0.1) is 0 Å². The fourth-order valence-electron chi connectivity index (χ4n) is 5.43. The average molecular weight is 417 g/mol. The Kier molecular flexibility index (Phi) is 8.30. The van der Waals surface area contributed by atoms with E-state index in [0.29, 0.717) is 0 Å². The Morgan fingerprint density at radius 3 is 1.88 bits per heavy atom. The van der Waals surface area contributed by atoms with Crippen LogP contribution in [0.15, 0.2) is 34.8 Å². The molecule has 2 fully saturated rings. The molecule has 0 amide bonds. The number of rotatable bonds is 7. The second-order valence-electron chi connectivity index (χ2n) is 8.88. The predicted octanol–water partition coefficient (Wildman–Crippen LogP) is 8.66. The molecule has 0 N–H and O–H groups in total. The maximum Gasteiger partial charge on any atom is 0.0175 e. The molecule has 0 radical (unpaired) electrons. The first-order valence-electron chi connectivity index (χ1n) is 11.2. The maximum atomic E-state index is 3.50. The van der Waals surface area contributed by atoms with Crippen LogP contribution >= 0.6 is 15.9 Å². The number of benzene rings is 1. The van der Waals surface area contributed by atoms with Crippen LogP contribution in [0, 0.1) is 23.7 Å². The van der Waals surface area contributed by atoms with Gasteiger partial charge in [0.1, 0.15) is 0 Å². The summed E-state index contributed by atoms with van der Waals surface area (Å²) < 4.78 is 1.16. The van der Waals surface area contributed by atoms with Crippen molar-refractivity contribution in [2.75, 3.05) is 0 Å². The lowest BCUT2D eigenvalue weighted by Gasteiger charge is -2.38. The van der Waals surface area contributed by atoms with Crippen molar-refractivity contribution in [1.29, 1.82) is 0 Å². The van der Waals surface area contributed by atoms with E-state index < -0.39 is 0 Å². The van der Waals surface area contributed by atoms with E-state index >= 15 is 0 Å². The molecule has 1 aromatic rings. The van der Waals surface area contributed by atoms with Crippen LogP contribution in [-0.4, -0.2) is 0 Å². The van der Waals surface area contributed by atoms with Gasteiger partial charge in [-0.05, 0) is 79.9 Å². The topological polar surface area (TPSA) is 0 Å². The van der Waals surface area contributed by atoms with Gasteiger partial charge in [0.2, 0.25) is 0 Å². The normalized spacial score (nSPS) is 29.9. The molecule has 0 atom stereocenters. The number of hydrogen-bond acceptors (Lipinski definition) is 0. The minimum Gasteiger partial charge on any atom is -0.0839 e. The largest absolute Gasteiger partial charge is 0.0839 e. The van der Waals surface area contributed by atoms with Gasteiger partial charge in [-0.25, -0.2) is 0 Å². The van der Waals surface area contributed by atoms with E-state index in [9.17, 15) is 0 Å². The highest BCUT2D eigenvalue weighted by Gasteiger charge is 2.30. The van der Waals surface area contributed by atoms with Crippen molar-refractivity contribution in [2.45, 2.75) is 84.0 Å². The zero-order valence-corrected chi connectivity index (χ0v) is 18.2. The molecule has 3 rings (SSSR count). The van der Waals surface area contributed by atoms with Gasteiger partial charge in [-0.15, -0.1) is 0 Å². The number of hydrogen-bond donors (Lipinski definition) is 0. The van der Waals surface area contributed by atoms with Crippen LogP contribution in [0.1, 0.15) is 89.5 Å². The third kappa shape index (κ3) is 6.25. The fraction of sp³-hybridized carbons (Fsp3) is 0.680. The Morgan fingerprint density at radius 2 is 1.35 bits per heavy atom. The first-order valence-corrected chi connectivity index (χ1v) is 12.0. The molecule has 2 aliphatic rings. The third-order valence-corrected chi connectivity index (χ3v) is 7.60. The molecule has 0 aromatic heterocycles. The van der Waals surface area contributed by atoms with Crippen molar-refractivity contribution >= 4 is 22.0 Å². The van der Waals surface area contributed by atoms with Crippen LogP contribution in [0.3, 0.4) is 0 Å². The van der Waals surface area contributed by atoms with Gasteiger partial charge >= 0.3 is 0 Å². The minimum absolute atomic E-state index is 0.984. The Morgan fingerprint density at radius 1 is 0.808 bits per heavy atom. The summed E-state index contributed by atoms with van der Waals surface area (Å²) in [4.78, 5) is 0. The summed E-state index contributed by atoms with van der Waals surface area (Å²) in [6.45, 7) is 2.35. The van der Waals surface area contributed by atoms with Gasteiger partial charge in [-0.1, -0.05) is 85.7 Å². The average Bonchev–Trinajstić information content (AvgIpc) is 2.68. The highest BCUT2D eigenvalue weighted by Crippen LogP contribution is 2.42. The molecule has 0 spiro atoms. The van der Waals surface area contributed by atoms with Gasteiger partial charge in [0, 0.05) is 4.47 Å². The van der Waals surface area contributed by atoms with Gasteiger partial charge in [-0.2, -0.15) is 0 Å². The fourth-order valence-corrected chi connectivity index (χ4v) is 5.69. The Balaban J connectivity index is 1.32. The van der Waals surface area contributed by atoms with Crippen LogP contribution in [0.2, 0.25) is 0 Å². The van der Waals surface area contributed by atoms with E-state index in [4.69, 9.17) is 0 Å². The third-order valence-electron chi connectivity index (χ3n) is 7.07. The van der Waals surface area contributed by atoms with E-state index in [1.807, 2.05) is 0 Å². The zero-order chi connectivity index (χ0) is 18.2. The Bertz CT molecular complexity index is 528. The van der Waals surface area contributed by atoms with Crippen LogP contribution in [0.4, 0.5) is 0 Å². The van der Waals surface area contributed by atoms with Crippen LogP contribution < -0.4 is 0 Å². The molecule has 2 aliphatic carbocycles. The van der Waals surface area contributed by atoms with Crippen molar-refractivity contribution in [1.82, 2.24) is 0 Å². The molecular weight excluding hydrogens is 380 g/mol. The van der Waals surface area contributed by atoms with Gasteiger partial charge in [0.15, 0.2) is 0 Å². The summed E-state index contributed by atoms with van der Waals surface area (Å²) in [7, 11) is 0. The SMILES string of the molecule is CCCC1CCC(C2CCC(CC/C=C\c3ccc(Br)cc3)CC2)CC1. The van der Waals surface area contributed by atoms with Crippen LogP contribution in [0.25, 0.3) is 6.08 Å². The minimum atomic E-state index is 0.984. The summed E-state index contributed by atoms with van der Waals surface area (Å²) in [5.41, 5.74) is 1.32. The number of allylic oxidation sites excluding steroid dienone is 1. The van der Waals surface area contributed by atoms with Crippen molar-refractivity contribution in [3.8, 4) is 0 Å². The second kappa shape index (κ2) is 10.7. The Labute approximate surface area is 170 Å². The van der Waals surface area contributed by atoms with Gasteiger partial charge in [0.25, 0.3) is 0 Å². The summed E-state index contributed by atoms with van der Waals surface area (Å²) >= 11 is 3.50. The van der Waals surface area contributed by atoms with E-state index in [0.717, 1.165) is 28.1 Å². The second-order valence-corrected chi connectivity index (χ2v) is 9.80. The lowest BCUT2D eigenvalue weighted by atomic mass is 9.68. The molecule has 144 valence electrons. The van der Waals surface area contributed by atoms with Gasteiger partial charge < -0.3 is 0 Å². The monoisotopic (exact) mass is 416 g/mol. The smallest absolute Gasteiger partial charge is 0.0175 e. The van der Waals surface area contributed by atoms with Crippen molar-refractivity contribution in [3.63, 3.8) is 0 Å². The molecule has 26 heavy (non-hydrogen) atoms. The molecule has 2 saturated carbocycles. The predicted molar refractivity (Wildman–Crippen MR) is 118 cm³/mol. The standard InChI is InChI=1S/C25H37Br/c1-2-5-20-8-14-23(15-9-20)24-16-10-21(11-17-24)6-3-4-7-22-12-18-25(26)19-13-22/h4,7,12-13,18-21,23-24H,2-3,5-6,8-11,14-17H2,1H3/b7-4-. The zero-order valence-electron chi connectivity index (χ0n) is 16.6. The maximum absolute atomic E-state index is 3.50. The molecule has 1 aromatic carbocycles. The summed E-state index contributed by atoms with van der Waals surface area (Å²) in [6, 6.07) is 8.61. The molecule has 0 nitrogen and oxygen atoms in total. The first kappa shape index (κ1) is 20.2. The lowest BCUT2D eigenvalue weighted by Crippen LogP contribution is -2.25. The highest BCUT2D eigenvalue weighted by atomic mass is 79.9. The van der Waals surface area contributed by atoms with Crippen LogP contribution in [0.5, 0.6) is 0 Å². The Hall–Kier alpha value is -0.560. The van der Waals surface area contributed by atoms with E-state index in [2.05, 4.69) is 59.3 Å². The molecule has 0 unspecified atom stereocenters. The summed E-state index contributed by atoms with van der Waals surface area (Å²) in [5, 5.41) is 0. The van der Waals surface area contributed by atoms with Gasteiger partial charge in [-0.3, -0.25) is 0 Å². The van der Waals surface area contributed by atoms with E-state index in [-0.39, 0.29) is 0 Å². The van der Waals surface area contributed by atoms with Crippen molar-refractivity contribution in [2.24, 2.45) is 23.7 Å². The molecule has 0 saturated heterocycles. The van der Waals surface area contributed by atoms with Crippen molar-refractivity contribution < 1.29 is 0 Å². The summed E-state index contributed by atoms with van der Waals surface area (Å²) in [6.07, 6.45) is 22.3. The number of halogens is 1. The van der Waals surface area contributed by atoms with E-state index in [1.165, 1.54) is 82.6 Å². The molecule has 0 aliphatic heterocycles. The highest BCUT2D eigenvalue weighted by molar-refractivity contribution is 9.10. The lowest BCUT2D eigenvalue weighted by molar-refractivity contribution is 0.141. The first-order chi connectivity index (χ1) is 12.7. The summed E-state index contributed by atoms with van der Waals surface area (Å²) in [5.74, 6) is 4.18. The van der Waals surface area contributed by atoms with Crippen molar-refractivity contribution in [3.05, 3.63) is 40.4 Å². The van der Waals surface area contributed by atoms with E-state index in [1.54, 1.807) is 0 Å². The molecule has 0 heterocycles. The molecule has 1 heteroatoms.